The first-order valence-corrected chi connectivity index (χ1v) is 13.8. The number of carbonyl (C=O) groups excluding carboxylic acids is 2. The molecule has 37 heavy (non-hydrogen) atoms. The van der Waals surface area contributed by atoms with Gasteiger partial charge < -0.3 is 13.7 Å². The summed E-state index contributed by atoms with van der Waals surface area (Å²) >= 11 is 0. The van der Waals surface area contributed by atoms with Gasteiger partial charge in [-0.05, 0) is 43.2 Å². The molecule has 1 aliphatic heterocycles. The third-order valence-corrected chi connectivity index (χ3v) is 8.60. The average Bonchev–Trinajstić information content (AvgIpc) is 3.49. The van der Waals surface area contributed by atoms with E-state index >= 15 is 0 Å². The summed E-state index contributed by atoms with van der Waals surface area (Å²) < 4.78 is 14.5. The van der Waals surface area contributed by atoms with Gasteiger partial charge in [-0.15, -0.1) is 0 Å². The second-order valence-corrected chi connectivity index (χ2v) is 10.9. The zero-order valence-corrected chi connectivity index (χ0v) is 21.0. The molecule has 0 radical (unpaired) electrons. The van der Waals surface area contributed by atoms with Crippen molar-refractivity contribution in [1.82, 2.24) is 4.57 Å². The van der Waals surface area contributed by atoms with Crippen LogP contribution in [0, 0.1) is 0 Å². The van der Waals surface area contributed by atoms with Crippen LogP contribution in [0.4, 0.5) is 0 Å². The molecule has 4 aromatic rings. The highest BCUT2D eigenvalue weighted by molar-refractivity contribution is 6.31. The van der Waals surface area contributed by atoms with Crippen molar-refractivity contribution < 1.29 is 18.7 Å². The lowest BCUT2D eigenvalue weighted by Gasteiger charge is -2.26. The Labute approximate surface area is 216 Å². The maximum absolute atomic E-state index is 13.6. The molecule has 0 spiro atoms. The predicted molar refractivity (Wildman–Crippen MR) is 144 cm³/mol. The van der Waals surface area contributed by atoms with Crippen LogP contribution in [0.25, 0.3) is 27.9 Å². The van der Waals surface area contributed by atoms with Crippen molar-refractivity contribution >= 4 is 39.7 Å². The van der Waals surface area contributed by atoms with E-state index in [1.54, 1.807) is 12.1 Å². The van der Waals surface area contributed by atoms with E-state index in [-0.39, 0.29) is 11.4 Å². The van der Waals surface area contributed by atoms with E-state index in [2.05, 4.69) is 10.6 Å². The van der Waals surface area contributed by atoms with Gasteiger partial charge in [0.25, 0.3) is 0 Å². The van der Waals surface area contributed by atoms with Crippen molar-refractivity contribution in [2.75, 3.05) is 0 Å². The molecule has 0 amide bonds. The van der Waals surface area contributed by atoms with Gasteiger partial charge in [0.2, 0.25) is 5.78 Å². The van der Waals surface area contributed by atoms with Crippen LogP contribution >= 0.6 is 0 Å². The number of benzene rings is 2. The van der Waals surface area contributed by atoms with Crippen LogP contribution in [0.5, 0.6) is 5.75 Å². The first-order valence-electron chi connectivity index (χ1n) is 13.8. The Bertz CT molecular complexity index is 1560. The number of Topliss-reactive ketones (excluding diaryl/α,β-unsaturated/α-hetero) is 1. The molecule has 5 nitrogen and oxygen atoms in total. The number of esters is 1. The third kappa shape index (κ3) is 3.83. The van der Waals surface area contributed by atoms with Crippen molar-refractivity contribution in [2.24, 2.45) is 0 Å². The van der Waals surface area contributed by atoms with Gasteiger partial charge in [-0.25, -0.2) is 4.79 Å². The number of hydrogen-bond acceptors (Lipinski definition) is 4. The normalized spacial score (nSPS) is 20.6. The summed E-state index contributed by atoms with van der Waals surface area (Å²) in [6.07, 6.45) is 13.8. The standard InChI is InChI=1S/C32H31NO4/c34-30-25-16-15-20-9-7-8-14-24(20)31(25)37-32(35)26(30)17-23-18-29-27(33(23)22-12-5-2-6-13-22)19-28(36-29)21-10-3-1-4-11-21/h7-9,14-19,21-22H,1-6,10-13H2/b26-17-. The minimum Gasteiger partial charge on any atom is -0.459 e. The summed E-state index contributed by atoms with van der Waals surface area (Å²) in [5.74, 6) is 1.06. The van der Waals surface area contributed by atoms with Crippen LogP contribution in [-0.4, -0.2) is 16.3 Å². The molecule has 2 fully saturated rings. The van der Waals surface area contributed by atoms with Gasteiger partial charge in [0.1, 0.15) is 17.1 Å². The second-order valence-electron chi connectivity index (χ2n) is 10.9. The molecule has 3 heterocycles. The number of rotatable bonds is 3. The summed E-state index contributed by atoms with van der Waals surface area (Å²) in [5.41, 5.74) is 3.29. The third-order valence-electron chi connectivity index (χ3n) is 8.60. The molecule has 0 saturated heterocycles. The number of ketones is 1. The van der Waals surface area contributed by atoms with Gasteiger partial charge in [0.15, 0.2) is 5.58 Å². The Balaban J connectivity index is 1.32. The highest BCUT2D eigenvalue weighted by Gasteiger charge is 2.33. The van der Waals surface area contributed by atoms with Gasteiger partial charge in [-0.2, -0.15) is 0 Å². The van der Waals surface area contributed by atoms with Crippen molar-refractivity contribution in [3.63, 3.8) is 0 Å². The average molecular weight is 494 g/mol. The van der Waals surface area contributed by atoms with Gasteiger partial charge in [0, 0.05) is 35.2 Å². The minimum atomic E-state index is -0.593. The largest absolute Gasteiger partial charge is 0.459 e. The first kappa shape index (κ1) is 22.6. The second kappa shape index (κ2) is 9.05. The molecule has 0 N–H and O–H groups in total. The van der Waals surface area contributed by atoms with Crippen molar-refractivity contribution in [2.45, 2.75) is 76.2 Å². The molecule has 0 unspecified atom stereocenters. The van der Waals surface area contributed by atoms with E-state index in [0.717, 1.165) is 46.2 Å². The smallest absolute Gasteiger partial charge is 0.347 e. The van der Waals surface area contributed by atoms with Gasteiger partial charge in [-0.3, -0.25) is 4.79 Å². The Morgan fingerprint density at radius 1 is 0.838 bits per heavy atom. The number of aromatic nitrogens is 1. The molecular formula is C32H31NO4. The van der Waals surface area contributed by atoms with Crippen LogP contribution in [0.1, 0.15) is 98.0 Å². The van der Waals surface area contributed by atoms with Crippen LogP contribution in [0.15, 0.2) is 58.5 Å². The Morgan fingerprint density at radius 3 is 2.41 bits per heavy atom. The van der Waals surface area contributed by atoms with Crippen LogP contribution in [0.3, 0.4) is 0 Å². The molecule has 0 bridgehead atoms. The van der Waals surface area contributed by atoms with Gasteiger partial charge in [-0.1, -0.05) is 68.9 Å². The Kier molecular flexibility index (Phi) is 5.53. The number of ether oxygens (including phenoxy) is 1. The number of carbonyl (C=O) groups is 2. The lowest BCUT2D eigenvalue weighted by molar-refractivity contribution is -0.129. The molecule has 5 heteroatoms. The molecule has 2 aromatic heterocycles. The Morgan fingerprint density at radius 2 is 1.59 bits per heavy atom. The molecular weight excluding hydrogens is 462 g/mol. The molecule has 7 rings (SSSR count). The monoisotopic (exact) mass is 493 g/mol. The quantitative estimate of drug-likeness (QED) is 0.125. The molecule has 2 aromatic carbocycles. The maximum Gasteiger partial charge on any atom is 0.347 e. The van der Waals surface area contributed by atoms with E-state index in [4.69, 9.17) is 9.15 Å². The predicted octanol–water partition coefficient (Wildman–Crippen LogP) is 8.13. The van der Waals surface area contributed by atoms with Crippen molar-refractivity contribution in [3.05, 3.63) is 71.1 Å². The molecule has 0 atom stereocenters. The number of nitrogens with zero attached hydrogens (tertiary/aromatic N) is 1. The number of hydrogen-bond donors (Lipinski definition) is 0. The molecule has 2 saturated carbocycles. The lowest BCUT2D eigenvalue weighted by atomic mass is 9.87. The van der Waals surface area contributed by atoms with Crippen molar-refractivity contribution in [3.8, 4) is 5.75 Å². The summed E-state index contributed by atoms with van der Waals surface area (Å²) in [6.45, 7) is 0. The lowest BCUT2D eigenvalue weighted by Crippen LogP contribution is -2.25. The van der Waals surface area contributed by atoms with Gasteiger partial charge in [0.05, 0.1) is 11.1 Å². The van der Waals surface area contributed by atoms with E-state index in [1.807, 2.05) is 36.4 Å². The fourth-order valence-electron chi connectivity index (χ4n) is 6.69. The Hall–Kier alpha value is -3.60. The van der Waals surface area contributed by atoms with Crippen LogP contribution in [0.2, 0.25) is 0 Å². The fourth-order valence-corrected chi connectivity index (χ4v) is 6.69. The van der Waals surface area contributed by atoms with E-state index < -0.39 is 5.97 Å². The molecule has 2 aliphatic carbocycles. The summed E-state index contributed by atoms with van der Waals surface area (Å²) in [7, 11) is 0. The van der Waals surface area contributed by atoms with E-state index in [0.29, 0.717) is 23.3 Å². The molecule has 188 valence electrons. The minimum absolute atomic E-state index is 0.0764. The summed E-state index contributed by atoms with van der Waals surface area (Å²) in [4.78, 5) is 26.7. The number of fused-ring (bicyclic) bond motifs is 4. The van der Waals surface area contributed by atoms with E-state index in [9.17, 15) is 9.59 Å². The zero-order chi connectivity index (χ0) is 24.9. The number of furan rings is 1. The fraction of sp³-hybridized carbons (Fsp3) is 0.375. The highest BCUT2D eigenvalue weighted by Crippen LogP contribution is 2.41. The van der Waals surface area contributed by atoms with Gasteiger partial charge >= 0.3 is 5.97 Å². The van der Waals surface area contributed by atoms with Crippen molar-refractivity contribution in [1.29, 1.82) is 0 Å². The first-order chi connectivity index (χ1) is 18.2. The zero-order valence-electron chi connectivity index (χ0n) is 21.0. The van der Waals surface area contributed by atoms with E-state index in [1.165, 1.54) is 51.4 Å². The topological polar surface area (TPSA) is 61.4 Å². The summed E-state index contributed by atoms with van der Waals surface area (Å²) in [6, 6.07) is 15.9. The molecule has 3 aliphatic rings. The maximum atomic E-state index is 13.6. The highest BCUT2D eigenvalue weighted by atomic mass is 16.5. The van der Waals surface area contributed by atoms with Crippen LogP contribution < -0.4 is 4.74 Å². The summed E-state index contributed by atoms with van der Waals surface area (Å²) in [5, 5.41) is 1.72. The van der Waals surface area contributed by atoms with Crippen LogP contribution in [-0.2, 0) is 4.79 Å². The SMILES string of the molecule is O=C1Oc2c(ccc3ccccc23)C(=O)/C1=C/c1cc2oc(C3CCCCC3)cc2n1C1CCCCC1.